The number of amides is 1. The smallest absolute Gasteiger partial charge is 0.338 e. The lowest BCUT2D eigenvalue weighted by atomic mass is 10.1. The van der Waals surface area contributed by atoms with E-state index in [1.54, 1.807) is 37.3 Å². The van der Waals surface area contributed by atoms with E-state index in [1.807, 2.05) is 0 Å². The summed E-state index contributed by atoms with van der Waals surface area (Å²) in [5.41, 5.74) is 1.71. The first-order chi connectivity index (χ1) is 15.3. The zero-order chi connectivity index (χ0) is 23.3. The van der Waals surface area contributed by atoms with Gasteiger partial charge in [0.05, 0.1) is 12.0 Å². The first-order valence-electron chi connectivity index (χ1n) is 9.44. The van der Waals surface area contributed by atoms with Crippen molar-refractivity contribution in [2.24, 2.45) is 0 Å². The predicted molar refractivity (Wildman–Crippen MR) is 115 cm³/mol. The summed E-state index contributed by atoms with van der Waals surface area (Å²) in [6.45, 7) is 2.92. The SMILES string of the molecule is COc1cc(/C=C/c2onc(C)c2[N+](=O)[O-])ccc1OCC(=O)Nc1cc(F)ccc1C. The highest BCUT2D eigenvalue weighted by molar-refractivity contribution is 5.92. The van der Waals surface area contributed by atoms with E-state index in [-0.39, 0.29) is 23.7 Å². The Morgan fingerprint density at radius 3 is 2.72 bits per heavy atom. The van der Waals surface area contributed by atoms with Gasteiger partial charge in [0.2, 0.25) is 5.76 Å². The van der Waals surface area contributed by atoms with Crippen LogP contribution in [0.15, 0.2) is 40.9 Å². The van der Waals surface area contributed by atoms with Crippen molar-refractivity contribution in [2.75, 3.05) is 19.0 Å². The second-order valence-corrected chi connectivity index (χ2v) is 6.78. The van der Waals surface area contributed by atoms with Crippen molar-refractivity contribution < 1.29 is 28.1 Å². The van der Waals surface area contributed by atoms with Crippen molar-refractivity contribution >= 4 is 29.4 Å². The number of hydrogen-bond donors (Lipinski definition) is 1. The summed E-state index contributed by atoms with van der Waals surface area (Å²) in [5.74, 6) is -0.223. The maximum atomic E-state index is 13.4. The second kappa shape index (κ2) is 9.73. The van der Waals surface area contributed by atoms with Gasteiger partial charge in [-0.3, -0.25) is 14.9 Å². The Kier molecular flexibility index (Phi) is 6.83. The largest absolute Gasteiger partial charge is 0.493 e. The summed E-state index contributed by atoms with van der Waals surface area (Å²) in [6.07, 6.45) is 3.03. The topological polar surface area (TPSA) is 117 Å². The van der Waals surface area contributed by atoms with E-state index in [1.165, 1.54) is 32.2 Å². The number of halogens is 1. The fourth-order valence-corrected chi connectivity index (χ4v) is 2.85. The Morgan fingerprint density at radius 1 is 1.22 bits per heavy atom. The number of benzene rings is 2. The maximum Gasteiger partial charge on any atom is 0.338 e. The quantitative estimate of drug-likeness (QED) is 0.403. The lowest BCUT2D eigenvalue weighted by molar-refractivity contribution is -0.386. The maximum absolute atomic E-state index is 13.4. The van der Waals surface area contributed by atoms with Crippen LogP contribution in [-0.4, -0.2) is 29.7 Å². The number of methoxy groups -OCH3 is 1. The van der Waals surface area contributed by atoms with Crippen molar-refractivity contribution in [3.8, 4) is 11.5 Å². The molecule has 0 radical (unpaired) electrons. The van der Waals surface area contributed by atoms with Gasteiger partial charge in [0.1, 0.15) is 5.82 Å². The summed E-state index contributed by atoms with van der Waals surface area (Å²) >= 11 is 0. The van der Waals surface area contributed by atoms with Crippen molar-refractivity contribution in [3.63, 3.8) is 0 Å². The average molecular weight is 441 g/mol. The second-order valence-electron chi connectivity index (χ2n) is 6.78. The summed E-state index contributed by atoms with van der Waals surface area (Å²) in [6, 6.07) is 9.02. The van der Waals surface area contributed by atoms with Crippen LogP contribution >= 0.6 is 0 Å². The Hall–Kier alpha value is -4.21. The number of anilines is 1. The molecule has 0 saturated heterocycles. The highest BCUT2D eigenvalue weighted by atomic mass is 19.1. The van der Waals surface area contributed by atoms with Gasteiger partial charge in [-0.1, -0.05) is 23.4 Å². The molecule has 1 aromatic heterocycles. The molecule has 1 heterocycles. The molecular formula is C22H20FN3O6. The van der Waals surface area contributed by atoms with Crippen LogP contribution in [0, 0.1) is 29.8 Å². The fourth-order valence-electron chi connectivity index (χ4n) is 2.85. The number of aromatic nitrogens is 1. The van der Waals surface area contributed by atoms with Gasteiger partial charge in [0.15, 0.2) is 23.8 Å². The molecule has 0 aliphatic heterocycles. The monoisotopic (exact) mass is 441 g/mol. The van der Waals surface area contributed by atoms with Gasteiger partial charge in [-0.2, -0.15) is 0 Å². The number of carbonyl (C=O) groups excluding carboxylic acids is 1. The van der Waals surface area contributed by atoms with Crippen molar-refractivity contribution in [1.29, 1.82) is 0 Å². The summed E-state index contributed by atoms with van der Waals surface area (Å²) in [4.78, 5) is 22.7. The molecule has 10 heteroatoms. The Morgan fingerprint density at radius 2 is 2.00 bits per heavy atom. The molecule has 32 heavy (non-hydrogen) atoms. The van der Waals surface area contributed by atoms with E-state index in [0.717, 1.165) is 5.56 Å². The average Bonchev–Trinajstić information content (AvgIpc) is 3.14. The number of nitrogens with zero attached hydrogens (tertiary/aromatic N) is 2. The van der Waals surface area contributed by atoms with Crippen molar-refractivity contribution in [1.82, 2.24) is 5.16 Å². The van der Waals surface area contributed by atoms with E-state index in [9.17, 15) is 19.3 Å². The van der Waals surface area contributed by atoms with Crippen LogP contribution in [0.3, 0.4) is 0 Å². The van der Waals surface area contributed by atoms with Gasteiger partial charge in [-0.15, -0.1) is 0 Å². The molecule has 0 bridgehead atoms. The molecule has 166 valence electrons. The van der Waals surface area contributed by atoms with E-state index in [2.05, 4.69) is 10.5 Å². The predicted octanol–water partition coefficient (Wildman–Crippen LogP) is 4.54. The number of nitrogens with one attached hydrogen (secondary N) is 1. The van der Waals surface area contributed by atoms with Crippen LogP contribution in [0.25, 0.3) is 12.2 Å². The number of carbonyl (C=O) groups is 1. The number of rotatable bonds is 8. The molecule has 9 nitrogen and oxygen atoms in total. The Bertz CT molecular complexity index is 1190. The van der Waals surface area contributed by atoms with Gasteiger partial charge < -0.3 is 19.3 Å². The van der Waals surface area contributed by atoms with Gasteiger partial charge >= 0.3 is 5.69 Å². The number of nitro groups is 1. The van der Waals surface area contributed by atoms with Crippen LogP contribution in [-0.2, 0) is 4.79 Å². The lowest BCUT2D eigenvalue weighted by Gasteiger charge is -2.12. The van der Waals surface area contributed by atoms with E-state index in [0.29, 0.717) is 22.7 Å². The Labute approximate surface area is 182 Å². The van der Waals surface area contributed by atoms with Crippen LogP contribution in [0.1, 0.15) is 22.6 Å². The molecule has 2 aromatic carbocycles. The van der Waals surface area contributed by atoms with Crippen LogP contribution in [0.4, 0.5) is 15.8 Å². The van der Waals surface area contributed by atoms with Crippen molar-refractivity contribution in [3.05, 3.63) is 74.9 Å². The summed E-state index contributed by atoms with van der Waals surface area (Å²) in [7, 11) is 1.44. The third-order valence-electron chi connectivity index (χ3n) is 4.49. The Balaban J connectivity index is 1.68. The lowest BCUT2D eigenvalue weighted by Crippen LogP contribution is -2.21. The minimum absolute atomic E-state index is 0.0242. The molecule has 0 aliphatic carbocycles. The molecule has 0 spiro atoms. The first kappa shape index (κ1) is 22.5. The van der Waals surface area contributed by atoms with Gasteiger partial charge in [0, 0.05) is 5.69 Å². The molecule has 3 aromatic rings. The van der Waals surface area contributed by atoms with E-state index < -0.39 is 16.6 Å². The van der Waals surface area contributed by atoms with Crippen LogP contribution in [0.2, 0.25) is 0 Å². The molecule has 0 atom stereocenters. The zero-order valence-electron chi connectivity index (χ0n) is 17.5. The fraction of sp³-hybridized carbons (Fsp3) is 0.182. The third-order valence-corrected chi connectivity index (χ3v) is 4.49. The highest BCUT2D eigenvalue weighted by Gasteiger charge is 2.22. The van der Waals surface area contributed by atoms with Gasteiger partial charge in [-0.05, 0) is 55.3 Å². The van der Waals surface area contributed by atoms with E-state index >= 15 is 0 Å². The molecule has 3 rings (SSSR count). The highest BCUT2D eigenvalue weighted by Crippen LogP contribution is 2.30. The molecule has 0 aliphatic rings. The summed E-state index contributed by atoms with van der Waals surface area (Å²) in [5, 5.41) is 17.3. The van der Waals surface area contributed by atoms with E-state index in [4.69, 9.17) is 14.0 Å². The molecule has 0 saturated carbocycles. The third kappa shape index (κ3) is 5.28. The standard InChI is InChI=1S/C22H20FN3O6/c1-13-4-7-16(23)11-17(13)24-21(27)12-31-18-8-5-15(10-20(18)30-3)6-9-19-22(26(28)29)14(2)25-32-19/h4-11H,12H2,1-3H3,(H,24,27)/b9-6+. The number of aryl methyl sites for hydroxylation is 2. The minimum atomic E-state index is -0.556. The minimum Gasteiger partial charge on any atom is -0.493 e. The molecular weight excluding hydrogens is 421 g/mol. The van der Waals surface area contributed by atoms with Crippen LogP contribution in [0.5, 0.6) is 11.5 Å². The zero-order valence-corrected chi connectivity index (χ0v) is 17.5. The molecule has 1 N–H and O–H groups in total. The molecule has 1 amide bonds. The summed E-state index contributed by atoms with van der Waals surface area (Å²) < 4.78 is 29.2. The normalized spacial score (nSPS) is 10.9. The number of ether oxygens (including phenoxy) is 2. The molecule has 0 fully saturated rings. The van der Waals surface area contributed by atoms with Gasteiger partial charge in [0.25, 0.3) is 5.91 Å². The molecule has 0 unspecified atom stereocenters. The van der Waals surface area contributed by atoms with Crippen LogP contribution < -0.4 is 14.8 Å². The van der Waals surface area contributed by atoms with Gasteiger partial charge in [-0.25, -0.2) is 4.39 Å². The van der Waals surface area contributed by atoms with Crippen molar-refractivity contribution in [2.45, 2.75) is 13.8 Å². The number of hydrogen-bond acceptors (Lipinski definition) is 7. The first-order valence-corrected chi connectivity index (χ1v) is 9.44.